The third-order valence-corrected chi connectivity index (χ3v) is 4.14. The Morgan fingerprint density at radius 3 is 2.74 bits per heavy atom. The minimum Gasteiger partial charge on any atom is -0.382 e. The molecule has 0 bridgehead atoms. The highest BCUT2D eigenvalue weighted by molar-refractivity contribution is 5.94. The van der Waals surface area contributed by atoms with Gasteiger partial charge >= 0.3 is 0 Å². The fourth-order valence-electron chi connectivity index (χ4n) is 2.99. The molecule has 0 heterocycles. The van der Waals surface area contributed by atoms with Crippen LogP contribution in [-0.4, -0.2) is 19.0 Å². The van der Waals surface area contributed by atoms with Gasteiger partial charge in [-0.15, -0.1) is 0 Å². The number of benzene rings is 1. The number of anilines is 1. The highest BCUT2D eigenvalue weighted by Crippen LogP contribution is 2.30. The number of carbonyl (C=O) groups is 1. The molecule has 1 aliphatic rings. The second-order valence-electron chi connectivity index (χ2n) is 5.81. The first-order valence-corrected chi connectivity index (χ1v) is 7.19. The third kappa shape index (κ3) is 3.49. The third-order valence-electron chi connectivity index (χ3n) is 4.14. The summed E-state index contributed by atoms with van der Waals surface area (Å²) in [6, 6.07) is 8.27. The Hall–Kier alpha value is -1.51. The van der Waals surface area contributed by atoms with Gasteiger partial charge in [-0.3, -0.25) is 4.79 Å². The quantitative estimate of drug-likeness (QED) is 0.875. The van der Waals surface area contributed by atoms with E-state index in [2.05, 4.69) is 24.5 Å². The molecule has 104 valence electrons. The van der Waals surface area contributed by atoms with E-state index in [1.807, 2.05) is 24.3 Å². The van der Waals surface area contributed by atoms with Gasteiger partial charge in [0.1, 0.15) is 0 Å². The second-order valence-corrected chi connectivity index (χ2v) is 5.81. The molecule has 0 radical (unpaired) electrons. The summed E-state index contributed by atoms with van der Waals surface area (Å²) in [6.07, 6.45) is 3.79. The van der Waals surface area contributed by atoms with Gasteiger partial charge in [0, 0.05) is 24.3 Å². The monoisotopic (exact) mass is 260 g/mol. The summed E-state index contributed by atoms with van der Waals surface area (Å²) in [5.41, 5.74) is 1.76. The van der Waals surface area contributed by atoms with Crippen molar-refractivity contribution in [3.8, 4) is 0 Å². The van der Waals surface area contributed by atoms with E-state index in [4.69, 9.17) is 0 Å². The van der Waals surface area contributed by atoms with E-state index in [1.54, 1.807) is 7.05 Å². The van der Waals surface area contributed by atoms with Crippen LogP contribution < -0.4 is 10.6 Å². The standard InChI is InChI=1S/C16H24N2O/c1-11-7-8-15(12(2)9-11)18-14-6-4-5-13(10-14)16(19)17-3/h4-6,10-12,15,18H,7-9H2,1-3H3,(H,17,19). The normalized spacial score (nSPS) is 26.8. The number of nitrogens with one attached hydrogen (secondary N) is 2. The van der Waals surface area contributed by atoms with E-state index in [0.717, 1.165) is 11.6 Å². The predicted octanol–water partition coefficient (Wildman–Crippen LogP) is 3.28. The summed E-state index contributed by atoms with van der Waals surface area (Å²) < 4.78 is 0. The Kier molecular flexibility index (Phi) is 4.46. The maximum atomic E-state index is 11.6. The van der Waals surface area contributed by atoms with Crippen LogP contribution in [0, 0.1) is 11.8 Å². The first kappa shape index (κ1) is 13.9. The van der Waals surface area contributed by atoms with Crippen molar-refractivity contribution in [2.24, 2.45) is 11.8 Å². The molecule has 1 aromatic rings. The number of rotatable bonds is 3. The van der Waals surface area contributed by atoms with Crippen LogP contribution in [0.3, 0.4) is 0 Å². The number of hydrogen-bond acceptors (Lipinski definition) is 2. The van der Waals surface area contributed by atoms with Crippen molar-refractivity contribution in [3.05, 3.63) is 29.8 Å². The molecule has 0 aliphatic heterocycles. The average Bonchev–Trinajstić information content (AvgIpc) is 2.41. The Morgan fingerprint density at radius 2 is 2.05 bits per heavy atom. The highest BCUT2D eigenvalue weighted by Gasteiger charge is 2.25. The molecular formula is C16H24N2O. The Morgan fingerprint density at radius 1 is 1.26 bits per heavy atom. The summed E-state index contributed by atoms with van der Waals surface area (Å²) >= 11 is 0. The van der Waals surface area contributed by atoms with Gasteiger partial charge in [0.15, 0.2) is 0 Å². The van der Waals surface area contributed by atoms with Gasteiger partial charge in [0.2, 0.25) is 0 Å². The zero-order valence-electron chi connectivity index (χ0n) is 12.1. The summed E-state index contributed by atoms with van der Waals surface area (Å²) in [5, 5.41) is 6.25. The molecule has 1 fully saturated rings. The second kappa shape index (κ2) is 6.09. The number of carbonyl (C=O) groups excluding carboxylic acids is 1. The van der Waals surface area contributed by atoms with Crippen molar-refractivity contribution >= 4 is 11.6 Å². The lowest BCUT2D eigenvalue weighted by Crippen LogP contribution is -2.33. The molecule has 3 unspecified atom stereocenters. The van der Waals surface area contributed by atoms with Gasteiger partial charge in [0.05, 0.1) is 0 Å². The minimum absolute atomic E-state index is 0.0334. The largest absolute Gasteiger partial charge is 0.382 e. The zero-order chi connectivity index (χ0) is 13.8. The molecule has 0 spiro atoms. The molecular weight excluding hydrogens is 236 g/mol. The summed E-state index contributed by atoms with van der Waals surface area (Å²) in [4.78, 5) is 11.6. The maximum Gasteiger partial charge on any atom is 0.251 e. The topological polar surface area (TPSA) is 41.1 Å². The van der Waals surface area contributed by atoms with Crippen LogP contribution in [0.4, 0.5) is 5.69 Å². The van der Waals surface area contributed by atoms with E-state index >= 15 is 0 Å². The average molecular weight is 260 g/mol. The van der Waals surface area contributed by atoms with Crippen LogP contribution >= 0.6 is 0 Å². The van der Waals surface area contributed by atoms with Gasteiger partial charge in [-0.1, -0.05) is 19.9 Å². The molecule has 3 nitrogen and oxygen atoms in total. The van der Waals surface area contributed by atoms with Crippen LogP contribution in [0.2, 0.25) is 0 Å². The smallest absolute Gasteiger partial charge is 0.251 e. The minimum atomic E-state index is -0.0334. The summed E-state index contributed by atoms with van der Waals surface area (Å²) in [6.45, 7) is 4.65. The van der Waals surface area contributed by atoms with E-state index in [-0.39, 0.29) is 5.91 Å². The van der Waals surface area contributed by atoms with Gasteiger partial charge in [-0.25, -0.2) is 0 Å². The number of hydrogen-bond donors (Lipinski definition) is 2. The van der Waals surface area contributed by atoms with Crippen LogP contribution in [-0.2, 0) is 0 Å². The Balaban J connectivity index is 2.04. The molecule has 0 saturated heterocycles. The first-order valence-electron chi connectivity index (χ1n) is 7.19. The van der Waals surface area contributed by atoms with E-state index in [9.17, 15) is 4.79 Å². The SMILES string of the molecule is CNC(=O)c1cccc(NC2CCC(C)CC2C)c1. The fraction of sp³-hybridized carbons (Fsp3) is 0.562. The van der Waals surface area contributed by atoms with E-state index < -0.39 is 0 Å². The van der Waals surface area contributed by atoms with Crippen molar-refractivity contribution in [2.45, 2.75) is 39.2 Å². The first-order chi connectivity index (χ1) is 9.10. The van der Waals surface area contributed by atoms with Crippen molar-refractivity contribution in [1.82, 2.24) is 5.32 Å². The van der Waals surface area contributed by atoms with Crippen LogP contribution in [0.25, 0.3) is 0 Å². The summed E-state index contributed by atoms with van der Waals surface area (Å²) in [7, 11) is 1.66. The predicted molar refractivity (Wildman–Crippen MR) is 79.4 cm³/mol. The van der Waals surface area contributed by atoms with Gasteiger partial charge in [-0.05, 0) is 49.3 Å². The molecule has 1 aliphatic carbocycles. The van der Waals surface area contributed by atoms with Crippen molar-refractivity contribution in [2.75, 3.05) is 12.4 Å². The van der Waals surface area contributed by atoms with Crippen molar-refractivity contribution < 1.29 is 4.79 Å². The van der Waals surface area contributed by atoms with Crippen LogP contribution in [0.15, 0.2) is 24.3 Å². The van der Waals surface area contributed by atoms with Crippen LogP contribution in [0.5, 0.6) is 0 Å². The molecule has 2 rings (SSSR count). The Bertz CT molecular complexity index is 444. The maximum absolute atomic E-state index is 11.6. The van der Waals surface area contributed by atoms with E-state index in [1.165, 1.54) is 19.3 Å². The van der Waals surface area contributed by atoms with Gasteiger partial charge < -0.3 is 10.6 Å². The zero-order valence-corrected chi connectivity index (χ0v) is 12.1. The van der Waals surface area contributed by atoms with Crippen LogP contribution in [0.1, 0.15) is 43.5 Å². The molecule has 0 aromatic heterocycles. The van der Waals surface area contributed by atoms with Gasteiger partial charge in [0.25, 0.3) is 5.91 Å². The molecule has 3 heteroatoms. The van der Waals surface area contributed by atoms with Crippen molar-refractivity contribution in [1.29, 1.82) is 0 Å². The molecule has 19 heavy (non-hydrogen) atoms. The Labute approximate surface area is 115 Å². The lowest BCUT2D eigenvalue weighted by molar-refractivity contribution is 0.0963. The molecule has 2 N–H and O–H groups in total. The van der Waals surface area contributed by atoms with Crippen molar-refractivity contribution in [3.63, 3.8) is 0 Å². The molecule has 3 atom stereocenters. The van der Waals surface area contributed by atoms with E-state index in [0.29, 0.717) is 17.5 Å². The highest BCUT2D eigenvalue weighted by atomic mass is 16.1. The summed E-state index contributed by atoms with van der Waals surface area (Å²) in [5.74, 6) is 1.49. The lowest BCUT2D eigenvalue weighted by atomic mass is 9.80. The van der Waals surface area contributed by atoms with Gasteiger partial charge in [-0.2, -0.15) is 0 Å². The number of amides is 1. The lowest BCUT2D eigenvalue weighted by Gasteiger charge is -2.33. The molecule has 1 saturated carbocycles. The fourth-order valence-corrected chi connectivity index (χ4v) is 2.99. The molecule has 1 amide bonds. The molecule has 1 aromatic carbocycles.